The Morgan fingerprint density at radius 3 is 3.18 bits per heavy atom. The van der Waals surface area contributed by atoms with Crippen molar-refractivity contribution >= 4 is 22.4 Å². The Morgan fingerprint density at radius 1 is 1.65 bits per heavy atom. The average molecular weight is 251 g/mol. The first-order chi connectivity index (χ1) is 8.24. The fraction of sp³-hybridized carbons (Fsp3) is 0.273. The molecule has 0 unspecified atom stereocenters. The molecular formula is C11H13N3O2S. The lowest BCUT2D eigenvalue weighted by atomic mass is 10.4. The van der Waals surface area contributed by atoms with Crippen LogP contribution in [0.4, 0.5) is 5.13 Å². The highest BCUT2D eigenvalue weighted by Crippen LogP contribution is 2.10. The largest absolute Gasteiger partial charge is 0.468 e. The minimum absolute atomic E-state index is 0.0750. The molecule has 90 valence electrons. The first kappa shape index (κ1) is 11.8. The van der Waals surface area contributed by atoms with Gasteiger partial charge in [-0.05, 0) is 19.2 Å². The molecular weight excluding hydrogens is 238 g/mol. The van der Waals surface area contributed by atoms with Crippen LogP contribution in [0.25, 0.3) is 0 Å². The van der Waals surface area contributed by atoms with E-state index in [2.05, 4.69) is 10.3 Å². The zero-order valence-corrected chi connectivity index (χ0v) is 10.2. The number of carbonyl (C=O) groups excluding carboxylic acids is 1. The summed E-state index contributed by atoms with van der Waals surface area (Å²) in [5.74, 6) is 0.767. The van der Waals surface area contributed by atoms with Gasteiger partial charge in [0.1, 0.15) is 5.76 Å². The molecule has 0 aliphatic rings. The lowest BCUT2D eigenvalue weighted by Crippen LogP contribution is -2.29. The second kappa shape index (κ2) is 5.60. The van der Waals surface area contributed by atoms with Crippen LogP contribution in [0.5, 0.6) is 0 Å². The van der Waals surface area contributed by atoms with Crippen LogP contribution in [0.1, 0.15) is 5.76 Å². The molecule has 0 aromatic carbocycles. The van der Waals surface area contributed by atoms with Gasteiger partial charge in [0, 0.05) is 11.6 Å². The van der Waals surface area contributed by atoms with E-state index in [0.717, 1.165) is 5.76 Å². The summed E-state index contributed by atoms with van der Waals surface area (Å²) < 4.78 is 5.21. The third-order valence-electron chi connectivity index (χ3n) is 2.10. The average Bonchev–Trinajstić information content (AvgIpc) is 2.90. The van der Waals surface area contributed by atoms with Crippen molar-refractivity contribution in [3.05, 3.63) is 35.7 Å². The molecule has 5 nitrogen and oxygen atoms in total. The Morgan fingerprint density at radius 2 is 2.53 bits per heavy atom. The minimum Gasteiger partial charge on any atom is -0.468 e. The number of amides is 1. The van der Waals surface area contributed by atoms with Crippen LogP contribution in [0.3, 0.4) is 0 Å². The predicted molar refractivity (Wildman–Crippen MR) is 65.8 cm³/mol. The van der Waals surface area contributed by atoms with Crippen LogP contribution in [-0.4, -0.2) is 29.4 Å². The third kappa shape index (κ3) is 3.69. The molecule has 0 saturated heterocycles. The van der Waals surface area contributed by atoms with Crippen molar-refractivity contribution in [3.8, 4) is 0 Å². The maximum Gasteiger partial charge on any atom is 0.240 e. The molecule has 1 amide bonds. The summed E-state index contributed by atoms with van der Waals surface area (Å²) in [6.45, 7) is 0.915. The molecule has 2 heterocycles. The number of hydrogen-bond acceptors (Lipinski definition) is 5. The first-order valence-corrected chi connectivity index (χ1v) is 6.02. The summed E-state index contributed by atoms with van der Waals surface area (Å²) in [5.41, 5.74) is 0. The summed E-state index contributed by atoms with van der Waals surface area (Å²) in [7, 11) is 1.87. The lowest BCUT2D eigenvalue weighted by Gasteiger charge is -2.13. The number of rotatable bonds is 5. The summed E-state index contributed by atoms with van der Waals surface area (Å²) in [4.78, 5) is 17.5. The number of carbonyl (C=O) groups is 1. The molecule has 2 rings (SSSR count). The fourth-order valence-corrected chi connectivity index (χ4v) is 1.96. The second-order valence-corrected chi connectivity index (χ2v) is 4.53. The van der Waals surface area contributed by atoms with Crippen LogP contribution < -0.4 is 5.32 Å². The van der Waals surface area contributed by atoms with Gasteiger partial charge in [-0.25, -0.2) is 4.98 Å². The van der Waals surface area contributed by atoms with E-state index >= 15 is 0 Å². The Bertz CT molecular complexity index is 453. The molecule has 0 aliphatic heterocycles. The Labute approximate surface area is 103 Å². The number of anilines is 1. The van der Waals surface area contributed by atoms with E-state index in [4.69, 9.17) is 4.42 Å². The van der Waals surface area contributed by atoms with Crippen LogP contribution in [-0.2, 0) is 11.3 Å². The molecule has 2 aromatic rings. The first-order valence-electron chi connectivity index (χ1n) is 5.14. The topological polar surface area (TPSA) is 58.4 Å². The molecule has 0 saturated carbocycles. The quantitative estimate of drug-likeness (QED) is 0.880. The minimum atomic E-state index is -0.0750. The van der Waals surface area contributed by atoms with Gasteiger partial charge in [-0.3, -0.25) is 9.69 Å². The predicted octanol–water partition coefficient (Wildman–Crippen LogP) is 1.81. The van der Waals surface area contributed by atoms with Gasteiger partial charge in [0.15, 0.2) is 5.13 Å². The molecule has 0 fully saturated rings. The number of hydrogen-bond donors (Lipinski definition) is 1. The SMILES string of the molecule is CN(CC(=O)Nc1nccs1)Cc1ccco1. The van der Waals surface area contributed by atoms with Crippen molar-refractivity contribution in [2.75, 3.05) is 18.9 Å². The van der Waals surface area contributed by atoms with Crippen molar-refractivity contribution in [2.24, 2.45) is 0 Å². The smallest absolute Gasteiger partial charge is 0.240 e. The van der Waals surface area contributed by atoms with Crippen molar-refractivity contribution < 1.29 is 9.21 Å². The van der Waals surface area contributed by atoms with Crippen molar-refractivity contribution in [2.45, 2.75) is 6.54 Å². The third-order valence-corrected chi connectivity index (χ3v) is 2.79. The van der Waals surface area contributed by atoms with Crippen molar-refractivity contribution in [1.82, 2.24) is 9.88 Å². The fourth-order valence-electron chi connectivity index (χ4n) is 1.41. The molecule has 0 aliphatic carbocycles. The molecule has 2 aromatic heterocycles. The van der Waals surface area contributed by atoms with Gasteiger partial charge in [-0.1, -0.05) is 0 Å². The second-order valence-electron chi connectivity index (χ2n) is 3.64. The number of aromatic nitrogens is 1. The van der Waals surface area contributed by atoms with Crippen molar-refractivity contribution in [3.63, 3.8) is 0 Å². The van der Waals surface area contributed by atoms with Crippen molar-refractivity contribution in [1.29, 1.82) is 0 Å². The monoisotopic (exact) mass is 251 g/mol. The number of thiazole rings is 1. The highest BCUT2D eigenvalue weighted by atomic mass is 32.1. The van der Waals surface area contributed by atoms with Gasteiger partial charge >= 0.3 is 0 Å². The van der Waals surface area contributed by atoms with E-state index in [1.54, 1.807) is 12.5 Å². The molecule has 0 radical (unpaired) electrons. The Kier molecular flexibility index (Phi) is 3.89. The number of furan rings is 1. The molecule has 0 atom stereocenters. The molecule has 6 heteroatoms. The molecule has 1 N–H and O–H groups in total. The van der Waals surface area contributed by atoms with Gasteiger partial charge in [0.25, 0.3) is 0 Å². The van der Waals surface area contributed by atoms with Gasteiger partial charge in [0.2, 0.25) is 5.91 Å². The van der Waals surface area contributed by atoms with Crippen LogP contribution >= 0.6 is 11.3 Å². The lowest BCUT2D eigenvalue weighted by molar-refractivity contribution is -0.117. The summed E-state index contributed by atoms with van der Waals surface area (Å²) in [6.07, 6.45) is 3.28. The van der Waals surface area contributed by atoms with E-state index in [0.29, 0.717) is 18.2 Å². The van der Waals surface area contributed by atoms with Crippen LogP contribution in [0, 0.1) is 0 Å². The zero-order chi connectivity index (χ0) is 12.1. The maximum absolute atomic E-state index is 11.6. The van der Waals surface area contributed by atoms with Gasteiger partial charge in [-0.2, -0.15) is 0 Å². The molecule has 17 heavy (non-hydrogen) atoms. The van der Waals surface area contributed by atoms with Gasteiger partial charge in [-0.15, -0.1) is 11.3 Å². The number of nitrogens with one attached hydrogen (secondary N) is 1. The van der Waals surface area contributed by atoms with Crippen LogP contribution in [0.2, 0.25) is 0 Å². The number of likely N-dealkylation sites (N-methyl/N-ethyl adjacent to an activating group) is 1. The normalized spacial score (nSPS) is 10.7. The maximum atomic E-state index is 11.6. The van der Waals surface area contributed by atoms with E-state index in [-0.39, 0.29) is 5.91 Å². The molecule has 0 spiro atoms. The van der Waals surface area contributed by atoms with Crippen LogP contribution in [0.15, 0.2) is 34.4 Å². The summed E-state index contributed by atoms with van der Waals surface area (Å²) in [5, 5.41) is 5.18. The summed E-state index contributed by atoms with van der Waals surface area (Å²) in [6, 6.07) is 3.72. The van der Waals surface area contributed by atoms with E-state index in [9.17, 15) is 4.79 Å². The number of nitrogens with zero attached hydrogens (tertiary/aromatic N) is 2. The highest BCUT2D eigenvalue weighted by Gasteiger charge is 2.09. The standard InChI is InChI=1S/C11H13N3O2S/c1-14(7-9-3-2-5-16-9)8-10(15)13-11-12-4-6-17-11/h2-6H,7-8H2,1H3,(H,12,13,15). The summed E-state index contributed by atoms with van der Waals surface area (Å²) >= 11 is 1.40. The molecule has 0 bridgehead atoms. The van der Waals surface area contributed by atoms with E-state index in [1.807, 2.05) is 29.5 Å². The zero-order valence-electron chi connectivity index (χ0n) is 9.42. The van der Waals surface area contributed by atoms with E-state index in [1.165, 1.54) is 11.3 Å². The van der Waals surface area contributed by atoms with Gasteiger partial charge in [0.05, 0.1) is 19.4 Å². The van der Waals surface area contributed by atoms with E-state index < -0.39 is 0 Å². The van der Waals surface area contributed by atoms with Gasteiger partial charge < -0.3 is 9.73 Å². The Hall–Kier alpha value is -1.66. The Balaban J connectivity index is 1.78. The highest BCUT2D eigenvalue weighted by molar-refractivity contribution is 7.13.